The van der Waals surface area contributed by atoms with Crippen LogP contribution < -0.4 is 24.6 Å². The first kappa shape index (κ1) is 49.9. The number of hydrogen-bond acceptors (Lipinski definition) is 7. The largest absolute Gasteiger partial charge is 0.494 e. The van der Waals surface area contributed by atoms with Crippen LogP contribution in [-0.4, -0.2) is 102 Å². The van der Waals surface area contributed by atoms with E-state index in [0.717, 1.165) is 115 Å². The molecule has 63 heavy (non-hydrogen) atoms. The topological polar surface area (TPSA) is 43.5 Å². The van der Waals surface area contributed by atoms with Crippen molar-refractivity contribution in [2.24, 2.45) is 28.6 Å². The maximum absolute atomic E-state index is 6.68. The molecule has 2 heterocycles. The van der Waals surface area contributed by atoms with Crippen molar-refractivity contribution in [1.82, 2.24) is 15.1 Å². The molecule has 2 saturated carbocycles. The third-order valence-corrected chi connectivity index (χ3v) is 16.1. The fraction of sp³-hybridized carbons (Fsp3) is 0.786. The summed E-state index contributed by atoms with van der Waals surface area (Å²) in [6.45, 7) is 36.5. The first-order valence-corrected chi connectivity index (χ1v) is 26.5. The summed E-state index contributed by atoms with van der Waals surface area (Å²) < 4.78 is 13.4. The van der Waals surface area contributed by atoms with Gasteiger partial charge in [-0.15, -0.1) is 0 Å². The van der Waals surface area contributed by atoms with Gasteiger partial charge < -0.3 is 24.6 Å². The van der Waals surface area contributed by atoms with Crippen LogP contribution in [0.4, 0.5) is 11.4 Å². The van der Waals surface area contributed by atoms with Gasteiger partial charge in [0.05, 0.1) is 13.2 Å². The molecule has 0 amide bonds. The predicted molar refractivity (Wildman–Crippen MR) is 271 cm³/mol. The molecule has 356 valence electrons. The van der Waals surface area contributed by atoms with Crippen molar-refractivity contribution in [3.05, 3.63) is 47.5 Å². The van der Waals surface area contributed by atoms with Crippen molar-refractivity contribution in [3.63, 3.8) is 0 Å². The second kappa shape index (κ2) is 24.3. The van der Waals surface area contributed by atoms with Gasteiger partial charge in [0.15, 0.2) is 0 Å². The Morgan fingerprint density at radius 3 is 1.30 bits per heavy atom. The molecule has 4 aliphatic rings. The highest BCUT2D eigenvalue weighted by Gasteiger charge is 2.34. The lowest BCUT2D eigenvalue weighted by molar-refractivity contribution is 0.169. The van der Waals surface area contributed by atoms with Crippen LogP contribution in [0.5, 0.6) is 11.5 Å². The lowest BCUT2D eigenvalue weighted by atomic mass is 9.68. The van der Waals surface area contributed by atoms with Crippen molar-refractivity contribution < 1.29 is 9.47 Å². The van der Waals surface area contributed by atoms with Gasteiger partial charge in [0.1, 0.15) is 11.5 Å². The highest BCUT2D eigenvalue weighted by Crippen LogP contribution is 2.47. The Labute approximate surface area is 387 Å². The van der Waals surface area contributed by atoms with E-state index in [1.165, 1.54) is 102 Å². The molecule has 2 aromatic rings. The van der Waals surface area contributed by atoms with E-state index in [4.69, 9.17) is 9.47 Å². The zero-order chi connectivity index (χ0) is 44.8. The standard InChI is InChI=1S/C56H95N5O2/c1-10-13-29-58-31-35-60(36-32-58)53-41-49(23-25-51(53)45-15-19-47(20-16-45)55(4,5)6)62-39-27-44(43-57-12-3)28-40-63-50-24-26-52(46-17-21-48(22-18-46)56(7,8)9)54(42-50)61-37-33-59(34-38-61)30-14-11-2/h23-26,41-42,44-48,57H,10-22,27-40,43H2,1-9H3. The molecule has 2 aliphatic carbocycles. The molecule has 2 saturated heterocycles. The second-order valence-corrected chi connectivity index (χ2v) is 22.6. The van der Waals surface area contributed by atoms with E-state index in [1.54, 1.807) is 11.1 Å². The fourth-order valence-electron chi connectivity index (χ4n) is 11.6. The summed E-state index contributed by atoms with van der Waals surface area (Å²) in [7, 11) is 0. The van der Waals surface area contributed by atoms with Gasteiger partial charge in [-0.2, -0.15) is 0 Å². The number of piperazine rings is 2. The van der Waals surface area contributed by atoms with Gasteiger partial charge in [0.25, 0.3) is 0 Å². The van der Waals surface area contributed by atoms with E-state index in [2.05, 4.69) is 124 Å². The minimum absolute atomic E-state index is 0.404. The molecule has 7 heteroatoms. The van der Waals surface area contributed by atoms with Crippen LogP contribution in [0.2, 0.25) is 0 Å². The van der Waals surface area contributed by atoms with Crippen LogP contribution in [0.25, 0.3) is 0 Å². The molecular weight excluding hydrogens is 775 g/mol. The highest BCUT2D eigenvalue weighted by atomic mass is 16.5. The van der Waals surface area contributed by atoms with Gasteiger partial charge in [-0.25, -0.2) is 0 Å². The quantitative estimate of drug-likeness (QED) is 0.134. The zero-order valence-electron chi connectivity index (χ0n) is 42.3. The summed E-state index contributed by atoms with van der Waals surface area (Å²) in [6.07, 6.45) is 17.8. The molecule has 0 atom stereocenters. The third kappa shape index (κ3) is 14.8. The summed E-state index contributed by atoms with van der Waals surface area (Å²) >= 11 is 0. The Balaban J connectivity index is 1.07. The molecule has 0 spiro atoms. The van der Waals surface area contributed by atoms with Gasteiger partial charge in [-0.05, 0) is 167 Å². The smallest absolute Gasteiger partial charge is 0.121 e. The zero-order valence-corrected chi connectivity index (χ0v) is 42.3. The van der Waals surface area contributed by atoms with Crippen molar-refractivity contribution in [2.75, 3.05) is 102 Å². The van der Waals surface area contributed by atoms with E-state index in [9.17, 15) is 0 Å². The van der Waals surface area contributed by atoms with E-state index < -0.39 is 0 Å². The molecule has 2 aliphatic heterocycles. The lowest BCUT2D eigenvalue weighted by Gasteiger charge is -2.40. The van der Waals surface area contributed by atoms with E-state index in [1.807, 2.05) is 0 Å². The Morgan fingerprint density at radius 1 is 0.556 bits per heavy atom. The summed E-state index contributed by atoms with van der Waals surface area (Å²) in [5, 5.41) is 3.66. The normalized spacial score (nSPS) is 23.8. The van der Waals surface area contributed by atoms with Gasteiger partial charge >= 0.3 is 0 Å². The van der Waals surface area contributed by atoms with Crippen molar-refractivity contribution in [2.45, 2.75) is 164 Å². The molecule has 0 radical (unpaired) electrons. The number of anilines is 2. The molecular formula is C56H95N5O2. The number of ether oxygens (including phenoxy) is 2. The molecule has 7 nitrogen and oxygen atoms in total. The van der Waals surface area contributed by atoms with Crippen molar-refractivity contribution >= 4 is 11.4 Å². The maximum Gasteiger partial charge on any atom is 0.121 e. The summed E-state index contributed by atoms with van der Waals surface area (Å²) in [5.74, 6) is 5.52. The molecule has 0 bridgehead atoms. The lowest BCUT2D eigenvalue weighted by Crippen LogP contribution is -2.47. The van der Waals surface area contributed by atoms with E-state index in [0.29, 0.717) is 28.6 Å². The Kier molecular flexibility index (Phi) is 19.3. The summed E-state index contributed by atoms with van der Waals surface area (Å²) in [4.78, 5) is 10.7. The second-order valence-electron chi connectivity index (χ2n) is 22.6. The van der Waals surface area contributed by atoms with Gasteiger partial charge in [-0.3, -0.25) is 9.80 Å². The highest BCUT2D eigenvalue weighted by molar-refractivity contribution is 5.60. The number of hydrogen-bond donors (Lipinski definition) is 1. The Hall–Kier alpha value is -2.48. The molecule has 0 aromatic heterocycles. The van der Waals surface area contributed by atoms with Crippen LogP contribution in [0.1, 0.15) is 175 Å². The minimum atomic E-state index is 0.404. The maximum atomic E-state index is 6.68. The van der Waals surface area contributed by atoms with Crippen LogP contribution in [0.15, 0.2) is 36.4 Å². The number of unbranched alkanes of at least 4 members (excludes halogenated alkanes) is 2. The number of rotatable bonds is 21. The predicted octanol–water partition coefficient (Wildman–Crippen LogP) is 12.6. The van der Waals surface area contributed by atoms with Crippen molar-refractivity contribution in [3.8, 4) is 11.5 Å². The van der Waals surface area contributed by atoms with E-state index in [-0.39, 0.29) is 0 Å². The Bertz CT molecular complexity index is 1480. The number of benzene rings is 2. The van der Waals surface area contributed by atoms with Crippen LogP contribution in [0, 0.1) is 28.6 Å². The van der Waals surface area contributed by atoms with Gasteiger partial charge in [-0.1, -0.05) is 87.3 Å². The van der Waals surface area contributed by atoms with Crippen LogP contribution in [-0.2, 0) is 0 Å². The summed E-state index contributed by atoms with van der Waals surface area (Å²) in [5.41, 5.74) is 6.83. The van der Waals surface area contributed by atoms with Crippen molar-refractivity contribution in [1.29, 1.82) is 0 Å². The molecule has 4 fully saturated rings. The SMILES string of the molecule is CCCCN1CCN(c2cc(OCCC(CCOc3ccc(C4CCC(C(C)(C)C)CC4)c(N4CCN(CCCC)CC4)c3)CNCC)ccc2C2CCC(C(C)(C)C)CC2)CC1. The third-order valence-electron chi connectivity index (χ3n) is 16.1. The number of nitrogens with zero attached hydrogens (tertiary/aromatic N) is 4. The van der Waals surface area contributed by atoms with Gasteiger partial charge in [0, 0.05) is 75.9 Å². The average molecular weight is 870 g/mol. The molecule has 1 N–H and O–H groups in total. The summed E-state index contributed by atoms with van der Waals surface area (Å²) in [6, 6.07) is 14.3. The molecule has 2 aromatic carbocycles. The first-order chi connectivity index (χ1) is 30.4. The minimum Gasteiger partial charge on any atom is -0.494 e. The monoisotopic (exact) mass is 870 g/mol. The van der Waals surface area contributed by atoms with E-state index >= 15 is 0 Å². The van der Waals surface area contributed by atoms with Crippen LogP contribution >= 0.6 is 0 Å². The molecule has 6 rings (SSSR count). The van der Waals surface area contributed by atoms with Crippen LogP contribution in [0.3, 0.4) is 0 Å². The number of nitrogens with one attached hydrogen (secondary N) is 1. The average Bonchev–Trinajstić information content (AvgIpc) is 3.29. The Morgan fingerprint density at radius 2 is 0.952 bits per heavy atom. The molecule has 0 unspecified atom stereocenters. The fourth-order valence-corrected chi connectivity index (χ4v) is 11.6. The first-order valence-electron chi connectivity index (χ1n) is 26.5. The van der Waals surface area contributed by atoms with Gasteiger partial charge in [0.2, 0.25) is 0 Å².